The van der Waals surface area contributed by atoms with Crippen molar-refractivity contribution in [2.75, 3.05) is 50.0 Å². The number of piperazine rings is 1. The standard InChI is InChI=1S/C17H21N5O2.C8H19N/c1-12-7-13(17(24)19-15-10-18-20-16(15)11-23)9-14(8-12)22-5-3-21(2)4-6-22;1-4-7-8(5-2)9-6-3/h7-11H,3-6H2,1-2H3,(H,18,20)(H,19,24);8-9H,4-7H2,1-3H3. The summed E-state index contributed by atoms with van der Waals surface area (Å²) >= 11 is 0. The van der Waals surface area contributed by atoms with Crippen LogP contribution in [0.2, 0.25) is 0 Å². The third kappa shape index (κ3) is 8.29. The number of carbonyl (C=O) groups excluding carboxylic acids is 2. The van der Waals surface area contributed by atoms with Crippen LogP contribution in [-0.4, -0.2) is 73.1 Å². The molecule has 2 aromatic rings. The van der Waals surface area contributed by atoms with Gasteiger partial charge in [-0.1, -0.05) is 27.2 Å². The maximum absolute atomic E-state index is 12.5. The van der Waals surface area contributed by atoms with Gasteiger partial charge < -0.3 is 20.4 Å². The fourth-order valence-corrected chi connectivity index (χ4v) is 3.91. The van der Waals surface area contributed by atoms with Crippen LogP contribution in [0.25, 0.3) is 0 Å². The summed E-state index contributed by atoms with van der Waals surface area (Å²) in [4.78, 5) is 28.0. The van der Waals surface area contributed by atoms with Gasteiger partial charge in [-0.2, -0.15) is 5.10 Å². The normalized spacial score (nSPS) is 14.9. The average Bonchev–Trinajstić information content (AvgIpc) is 3.26. The van der Waals surface area contributed by atoms with Crippen molar-refractivity contribution in [1.29, 1.82) is 0 Å². The van der Waals surface area contributed by atoms with Crippen LogP contribution in [0.1, 0.15) is 66.4 Å². The van der Waals surface area contributed by atoms with Crippen molar-refractivity contribution in [2.24, 2.45) is 0 Å². The Kier molecular flexibility index (Phi) is 11.1. The Balaban J connectivity index is 0.000000365. The molecule has 2 heterocycles. The van der Waals surface area contributed by atoms with Crippen molar-refractivity contribution in [3.05, 3.63) is 41.2 Å². The highest BCUT2D eigenvalue weighted by Crippen LogP contribution is 2.21. The summed E-state index contributed by atoms with van der Waals surface area (Å²) in [5.74, 6) is -0.251. The molecular weight excluding hydrogens is 416 g/mol. The van der Waals surface area contributed by atoms with Gasteiger partial charge >= 0.3 is 0 Å². The summed E-state index contributed by atoms with van der Waals surface area (Å²) in [7, 11) is 2.11. The Bertz CT molecular complexity index is 868. The molecule has 1 saturated heterocycles. The number of hydrogen-bond donors (Lipinski definition) is 3. The van der Waals surface area contributed by atoms with Crippen LogP contribution in [0.15, 0.2) is 24.4 Å². The van der Waals surface area contributed by atoms with Crippen molar-refractivity contribution >= 4 is 23.6 Å². The summed E-state index contributed by atoms with van der Waals surface area (Å²) in [6.07, 6.45) is 5.95. The molecule has 0 spiro atoms. The number of nitrogens with zero attached hydrogens (tertiary/aromatic N) is 3. The van der Waals surface area contributed by atoms with E-state index in [1.165, 1.54) is 25.5 Å². The lowest BCUT2D eigenvalue weighted by molar-refractivity contribution is 0.102. The molecule has 3 rings (SSSR count). The predicted octanol–water partition coefficient (Wildman–Crippen LogP) is 3.71. The van der Waals surface area contributed by atoms with Crippen LogP contribution in [0.3, 0.4) is 0 Å². The van der Waals surface area contributed by atoms with Crippen LogP contribution >= 0.6 is 0 Å². The van der Waals surface area contributed by atoms with E-state index in [4.69, 9.17) is 0 Å². The first-order valence-corrected chi connectivity index (χ1v) is 12.0. The molecule has 1 aliphatic heterocycles. The second kappa shape index (κ2) is 13.7. The van der Waals surface area contributed by atoms with Crippen LogP contribution in [0, 0.1) is 6.92 Å². The first-order chi connectivity index (χ1) is 15.9. The number of aryl methyl sites for hydroxylation is 1. The molecule has 1 fully saturated rings. The van der Waals surface area contributed by atoms with E-state index in [9.17, 15) is 9.59 Å². The number of benzene rings is 1. The lowest BCUT2D eigenvalue weighted by atomic mass is 10.1. The van der Waals surface area contributed by atoms with Gasteiger partial charge in [0.1, 0.15) is 5.69 Å². The van der Waals surface area contributed by atoms with Crippen LogP contribution in [0.5, 0.6) is 0 Å². The second-order valence-corrected chi connectivity index (χ2v) is 8.57. The molecule has 3 N–H and O–H groups in total. The van der Waals surface area contributed by atoms with Gasteiger partial charge in [0, 0.05) is 43.5 Å². The molecule has 33 heavy (non-hydrogen) atoms. The summed E-state index contributed by atoms with van der Waals surface area (Å²) in [6.45, 7) is 13.6. The zero-order valence-electron chi connectivity index (χ0n) is 20.8. The Labute approximate surface area is 198 Å². The topological polar surface area (TPSA) is 93.4 Å². The van der Waals surface area contributed by atoms with Gasteiger partial charge in [0.2, 0.25) is 0 Å². The summed E-state index contributed by atoms with van der Waals surface area (Å²) < 4.78 is 0. The zero-order chi connectivity index (χ0) is 24.2. The maximum Gasteiger partial charge on any atom is 0.255 e. The molecular formula is C25H40N6O2. The molecule has 1 aromatic heterocycles. The summed E-state index contributed by atoms with van der Waals surface area (Å²) in [6, 6.07) is 6.60. The van der Waals surface area contributed by atoms with Crippen molar-refractivity contribution in [3.8, 4) is 0 Å². The number of likely N-dealkylation sites (N-methyl/N-ethyl adjacent to an activating group) is 1. The van der Waals surface area contributed by atoms with Crippen LogP contribution in [0.4, 0.5) is 11.4 Å². The third-order valence-corrected chi connectivity index (χ3v) is 5.85. The number of hydrogen-bond acceptors (Lipinski definition) is 6. The number of carbonyl (C=O) groups is 2. The minimum atomic E-state index is -0.251. The van der Waals surface area contributed by atoms with Gasteiger partial charge in [0.25, 0.3) is 5.91 Å². The van der Waals surface area contributed by atoms with Crippen molar-refractivity contribution in [2.45, 2.75) is 53.0 Å². The Morgan fingerprint density at radius 2 is 1.91 bits per heavy atom. The highest BCUT2D eigenvalue weighted by atomic mass is 16.1. The van der Waals surface area contributed by atoms with Gasteiger partial charge in [-0.05, 0) is 57.1 Å². The van der Waals surface area contributed by atoms with E-state index in [2.05, 4.69) is 64.5 Å². The van der Waals surface area contributed by atoms with Gasteiger partial charge in [-0.25, -0.2) is 0 Å². The van der Waals surface area contributed by atoms with E-state index in [0.29, 0.717) is 17.5 Å². The highest BCUT2D eigenvalue weighted by molar-refractivity contribution is 6.06. The molecule has 0 radical (unpaired) electrons. The number of amides is 1. The van der Waals surface area contributed by atoms with E-state index < -0.39 is 0 Å². The monoisotopic (exact) mass is 456 g/mol. The van der Waals surface area contributed by atoms with E-state index in [0.717, 1.165) is 50.0 Å². The molecule has 1 aromatic carbocycles. The first-order valence-electron chi connectivity index (χ1n) is 12.0. The minimum absolute atomic E-state index is 0.251. The number of aromatic amines is 1. The number of aldehydes is 1. The number of anilines is 2. The average molecular weight is 457 g/mol. The molecule has 1 amide bonds. The molecule has 0 bridgehead atoms. The molecule has 0 saturated carbocycles. The molecule has 182 valence electrons. The maximum atomic E-state index is 12.5. The van der Waals surface area contributed by atoms with E-state index in [1.54, 1.807) is 0 Å². The minimum Gasteiger partial charge on any atom is -0.369 e. The number of H-pyrrole nitrogens is 1. The second-order valence-electron chi connectivity index (χ2n) is 8.57. The predicted molar refractivity (Wildman–Crippen MR) is 135 cm³/mol. The fourth-order valence-electron chi connectivity index (χ4n) is 3.91. The number of nitrogens with one attached hydrogen (secondary N) is 3. The largest absolute Gasteiger partial charge is 0.369 e. The third-order valence-electron chi connectivity index (χ3n) is 5.85. The van der Waals surface area contributed by atoms with Gasteiger partial charge in [0.05, 0.1) is 11.9 Å². The molecule has 1 unspecified atom stereocenters. The molecule has 1 atom stereocenters. The summed E-state index contributed by atoms with van der Waals surface area (Å²) in [5.41, 5.74) is 3.30. The van der Waals surface area contributed by atoms with E-state index in [1.807, 2.05) is 19.1 Å². The number of rotatable bonds is 9. The molecule has 8 heteroatoms. The fraction of sp³-hybridized carbons (Fsp3) is 0.560. The van der Waals surface area contributed by atoms with Crippen molar-refractivity contribution < 1.29 is 9.59 Å². The van der Waals surface area contributed by atoms with Gasteiger partial charge in [-0.15, -0.1) is 0 Å². The summed E-state index contributed by atoms with van der Waals surface area (Å²) in [5, 5.41) is 12.5. The van der Waals surface area contributed by atoms with Gasteiger partial charge in [-0.3, -0.25) is 14.7 Å². The van der Waals surface area contributed by atoms with Crippen LogP contribution in [-0.2, 0) is 0 Å². The SMILES string of the molecule is CCCC(CC)NCC.Cc1cc(C(=O)Nc2cn[nH]c2C=O)cc(N2CCN(C)CC2)c1. The van der Waals surface area contributed by atoms with E-state index in [-0.39, 0.29) is 11.6 Å². The van der Waals surface area contributed by atoms with E-state index >= 15 is 0 Å². The zero-order valence-corrected chi connectivity index (χ0v) is 20.8. The van der Waals surface area contributed by atoms with Crippen molar-refractivity contribution in [3.63, 3.8) is 0 Å². The quantitative estimate of drug-likeness (QED) is 0.498. The Morgan fingerprint density at radius 1 is 1.18 bits per heavy atom. The highest BCUT2D eigenvalue weighted by Gasteiger charge is 2.17. The smallest absolute Gasteiger partial charge is 0.255 e. The van der Waals surface area contributed by atoms with Gasteiger partial charge in [0.15, 0.2) is 6.29 Å². The van der Waals surface area contributed by atoms with Crippen molar-refractivity contribution in [1.82, 2.24) is 20.4 Å². The lowest BCUT2D eigenvalue weighted by Crippen LogP contribution is -2.44. The molecule has 0 aliphatic carbocycles. The molecule has 1 aliphatic rings. The lowest BCUT2D eigenvalue weighted by Gasteiger charge is -2.34. The van der Waals surface area contributed by atoms with Crippen LogP contribution < -0.4 is 15.5 Å². The first kappa shape index (κ1) is 26.5. The number of aromatic nitrogens is 2. The Morgan fingerprint density at radius 3 is 2.52 bits per heavy atom. The Hall–Kier alpha value is -2.71. The molecule has 8 nitrogen and oxygen atoms in total.